The van der Waals surface area contributed by atoms with E-state index in [1.165, 1.54) is 6.08 Å². The fourth-order valence-electron chi connectivity index (χ4n) is 2.58. The van der Waals surface area contributed by atoms with Gasteiger partial charge in [-0.05, 0) is 47.4 Å². The third-order valence-corrected chi connectivity index (χ3v) is 3.76. The first-order valence-electron chi connectivity index (χ1n) is 7.74. The van der Waals surface area contributed by atoms with E-state index in [0.29, 0.717) is 12.2 Å². The average molecular weight is 318 g/mol. The second-order valence-electron chi connectivity index (χ2n) is 5.69. The minimum absolute atomic E-state index is 0.481. The summed E-state index contributed by atoms with van der Waals surface area (Å²) in [7, 11) is 0. The van der Waals surface area contributed by atoms with Gasteiger partial charge in [0.1, 0.15) is 12.4 Å². The van der Waals surface area contributed by atoms with Crippen molar-refractivity contribution in [2.45, 2.75) is 6.92 Å². The highest BCUT2D eigenvalue weighted by Crippen LogP contribution is 2.31. The largest absolute Gasteiger partial charge is 0.488 e. The summed E-state index contributed by atoms with van der Waals surface area (Å²) >= 11 is 0. The molecule has 1 N–H and O–H groups in total. The number of hydrogen-bond acceptors (Lipinski definition) is 2. The van der Waals surface area contributed by atoms with Crippen molar-refractivity contribution in [2.75, 3.05) is 6.61 Å². The molecular weight excluding hydrogens is 300 g/mol. The first kappa shape index (κ1) is 15.8. The Bertz CT molecular complexity index is 843. The van der Waals surface area contributed by atoms with Gasteiger partial charge in [-0.2, -0.15) is 0 Å². The summed E-state index contributed by atoms with van der Waals surface area (Å²) in [4.78, 5) is 10.6. The van der Waals surface area contributed by atoms with Gasteiger partial charge in [-0.1, -0.05) is 48.6 Å². The van der Waals surface area contributed by atoms with Crippen LogP contribution in [0.15, 0.2) is 77.9 Å². The summed E-state index contributed by atoms with van der Waals surface area (Å²) in [5, 5.41) is 8.74. The lowest BCUT2D eigenvalue weighted by atomic mass is 9.99. The van der Waals surface area contributed by atoms with E-state index in [1.807, 2.05) is 30.3 Å². The number of allylic oxidation sites excluding steroid dienone is 2. The topological polar surface area (TPSA) is 46.5 Å². The Labute approximate surface area is 141 Å². The van der Waals surface area contributed by atoms with Crippen LogP contribution in [0.2, 0.25) is 0 Å². The number of rotatable bonds is 4. The molecule has 2 aromatic rings. The molecule has 1 heterocycles. The predicted molar refractivity (Wildman–Crippen MR) is 95.9 cm³/mol. The van der Waals surface area contributed by atoms with Gasteiger partial charge in [-0.15, -0.1) is 0 Å². The molecule has 0 unspecified atom stereocenters. The van der Waals surface area contributed by atoms with Gasteiger partial charge in [-0.3, -0.25) is 0 Å². The molecule has 0 amide bonds. The van der Waals surface area contributed by atoms with Gasteiger partial charge in [0.25, 0.3) is 0 Å². The number of carbonyl (C=O) groups is 1. The normalized spacial score (nSPS) is 14.0. The second kappa shape index (κ2) is 7.01. The third-order valence-electron chi connectivity index (χ3n) is 3.76. The summed E-state index contributed by atoms with van der Waals surface area (Å²) in [5.41, 5.74) is 5.03. The van der Waals surface area contributed by atoms with Gasteiger partial charge in [0, 0.05) is 11.6 Å². The Hall–Kier alpha value is -3.07. The van der Waals surface area contributed by atoms with Crippen molar-refractivity contribution in [3.63, 3.8) is 0 Å². The van der Waals surface area contributed by atoms with Gasteiger partial charge >= 0.3 is 5.97 Å². The number of carboxylic acid groups (broad SMARTS) is 1. The maximum absolute atomic E-state index is 10.6. The monoisotopic (exact) mass is 318 g/mol. The Balaban J connectivity index is 1.87. The second-order valence-corrected chi connectivity index (χ2v) is 5.69. The number of carboxylic acids is 1. The van der Waals surface area contributed by atoms with Crippen molar-refractivity contribution in [1.82, 2.24) is 0 Å². The lowest BCUT2D eigenvalue weighted by Crippen LogP contribution is -2.05. The van der Waals surface area contributed by atoms with Crippen LogP contribution in [0.1, 0.15) is 12.5 Å². The van der Waals surface area contributed by atoms with Crippen molar-refractivity contribution in [2.24, 2.45) is 0 Å². The summed E-state index contributed by atoms with van der Waals surface area (Å²) in [6.07, 6.45) is 6.94. The highest BCUT2D eigenvalue weighted by molar-refractivity contribution is 5.81. The summed E-state index contributed by atoms with van der Waals surface area (Å²) < 4.78 is 5.79. The zero-order valence-corrected chi connectivity index (χ0v) is 13.4. The van der Waals surface area contributed by atoms with Gasteiger partial charge in [0.15, 0.2) is 0 Å². The Morgan fingerprint density at radius 2 is 1.92 bits per heavy atom. The molecule has 0 atom stereocenters. The lowest BCUT2D eigenvalue weighted by Gasteiger charge is -2.17. The van der Waals surface area contributed by atoms with Crippen LogP contribution in [0.4, 0.5) is 0 Å². The number of fused-ring (bicyclic) bond motifs is 1. The highest BCUT2D eigenvalue weighted by Gasteiger charge is 2.11. The van der Waals surface area contributed by atoms with Crippen LogP contribution in [0.25, 0.3) is 17.2 Å². The minimum Gasteiger partial charge on any atom is -0.488 e. The zero-order valence-electron chi connectivity index (χ0n) is 13.4. The molecule has 0 fully saturated rings. The van der Waals surface area contributed by atoms with Crippen LogP contribution < -0.4 is 4.74 Å². The van der Waals surface area contributed by atoms with E-state index in [2.05, 4.69) is 30.3 Å². The molecule has 3 rings (SSSR count). The van der Waals surface area contributed by atoms with Crippen LogP contribution in [0, 0.1) is 0 Å². The predicted octanol–water partition coefficient (Wildman–Crippen LogP) is 4.72. The Kier molecular flexibility index (Phi) is 4.62. The van der Waals surface area contributed by atoms with Gasteiger partial charge < -0.3 is 9.84 Å². The smallest absolute Gasteiger partial charge is 0.328 e. The maximum Gasteiger partial charge on any atom is 0.328 e. The molecule has 0 bridgehead atoms. The van der Waals surface area contributed by atoms with Gasteiger partial charge in [-0.25, -0.2) is 4.79 Å². The highest BCUT2D eigenvalue weighted by atomic mass is 16.5. The number of benzene rings is 2. The first-order valence-corrected chi connectivity index (χ1v) is 7.74. The van der Waals surface area contributed by atoms with Crippen LogP contribution >= 0.6 is 0 Å². The molecule has 3 heteroatoms. The first-order chi connectivity index (χ1) is 11.6. The van der Waals surface area contributed by atoms with Crippen molar-refractivity contribution in [3.8, 4) is 16.9 Å². The van der Waals surface area contributed by atoms with Crippen molar-refractivity contribution in [1.29, 1.82) is 0 Å². The number of hydrogen-bond donors (Lipinski definition) is 1. The van der Waals surface area contributed by atoms with Crippen LogP contribution in [0.5, 0.6) is 5.75 Å². The van der Waals surface area contributed by atoms with Gasteiger partial charge in [0.2, 0.25) is 0 Å². The fraction of sp³-hybridized carbons (Fsp3) is 0.0952. The van der Waals surface area contributed by atoms with Crippen molar-refractivity contribution in [3.05, 3.63) is 83.5 Å². The van der Waals surface area contributed by atoms with E-state index in [-0.39, 0.29) is 0 Å². The molecule has 0 saturated carbocycles. The standard InChI is InChI=1S/C21H18O3/c1-15(11-21(22)23)7-8-16-12-19-13-18(9-10-20(19)24-14-16)17-5-3-2-4-6-17/h2-13H,14H2,1H3,(H,22,23). The fourth-order valence-corrected chi connectivity index (χ4v) is 2.58. The average Bonchev–Trinajstić information content (AvgIpc) is 2.59. The van der Waals surface area contributed by atoms with Crippen LogP contribution in [-0.4, -0.2) is 17.7 Å². The Morgan fingerprint density at radius 1 is 1.12 bits per heavy atom. The molecule has 1 aliphatic heterocycles. The molecule has 3 nitrogen and oxygen atoms in total. The molecule has 0 aliphatic carbocycles. The van der Waals surface area contributed by atoms with E-state index in [1.54, 1.807) is 13.0 Å². The molecule has 0 radical (unpaired) electrons. The zero-order chi connectivity index (χ0) is 16.9. The molecule has 0 spiro atoms. The number of ether oxygens (including phenoxy) is 1. The SMILES string of the molecule is CC(C=CC1=Cc2cc(-c3ccccc3)ccc2OC1)=CC(=O)O. The maximum atomic E-state index is 10.6. The molecule has 120 valence electrons. The molecule has 0 aromatic heterocycles. The van der Waals surface area contributed by atoms with Crippen LogP contribution in [0.3, 0.4) is 0 Å². The van der Waals surface area contributed by atoms with E-state index >= 15 is 0 Å². The Morgan fingerprint density at radius 3 is 2.67 bits per heavy atom. The summed E-state index contributed by atoms with van der Waals surface area (Å²) in [6.45, 7) is 2.24. The van der Waals surface area contributed by atoms with E-state index in [0.717, 1.165) is 28.0 Å². The van der Waals surface area contributed by atoms with E-state index in [9.17, 15) is 4.79 Å². The molecule has 0 saturated heterocycles. The molecular formula is C21H18O3. The van der Waals surface area contributed by atoms with Gasteiger partial charge in [0.05, 0.1) is 0 Å². The van der Waals surface area contributed by atoms with Crippen LogP contribution in [-0.2, 0) is 4.79 Å². The summed E-state index contributed by atoms with van der Waals surface area (Å²) in [5.74, 6) is -0.0755. The van der Waals surface area contributed by atoms with E-state index < -0.39 is 5.97 Å². The molecule has 1 aliphatic rings. The van der Waals surface area contributed by atoms with E-state index in [4.69, 9.17) is 9.84 Å². The van der Waals surface area contributed by atoms with Crippen molar-refractivity contribution < 1.29 is 14.6 Å². The quantitative estimate of drug-likeness (QED) is 0.655. The summed E-state index contributed by atoms with van der Waals surface area (Å²) in [6, 6.07) is 16.4. The van der Waals surface area contributed by atoms with Crippen molar-refractivity contribution >= 4 is 12.0 Å². The molecule has 24 heavy (non-hydrogen) atoms. The third kappa shape index (κ3) is 3.82. The minimum atomic E-state index is -0.941. The number of aliphatic carboxylic acids is 1. The lowest BCUT2D eigenvalue weighted by molar-refractivity contribution is -0.131. The molecule has 2 aromatic carbocycles.